The summed E-state index contributed by atoms with van der Waals surface area (Å²) in [7, 11) is 0. The number of likely N-dealkylation sites (N-methyl/N-ethyl adjacent to an activating group) is 1. The summed E-state index contributed by atoms with van der Waals surface area (Å²) in [5.41, 5.74) is 6.17. The number of ether oxygens (including phenoxy) is 1. The molecule has 2 rings (SSSR count). The fourth-order valence-electron chi connectivity index (χ4n) is 3.41. The molecule has 0 bridgehead atoms. The summed E-state index contributed by atoms with van der Waals surface area (Å²) in [6.07, 6.45) is 4.23. The first-order valence-corrected chi connectivity index (χ1v) is 7.22. The van der Waals surface area contributed by atoms with Gasteiger partial charge in [-0.3, -0.25) is 4.90 Å². The van der Waals surface area contributed by atoms with E-state index in [1.54, 1.807) is 6.26 Å². The highest BCUT2D eigenvalue weighted by Gasteiger charge is 2.41. The van der Waals surface area contributed by atoms with Crippen molar-refractivity contribution in [2.45, 2.75) is 57.9 Å². The summed E-state index contributed by atoms with van der Waals surface area (Å²) >= 11 is 0. The zero-order valence-electron chi connectivity index (χ0n) is 12.3. The van der Waals surface area contributed by atoms with Crippen LogP contribution >= 0.6 is 0 Å². The van der Waals surface area contributed by atoms with Gasteiger partial charge in [0.25, 0.3) is 0 Å². The second-order valence-corrected chi connectivity index (χ2v) is 5.69. The molecule has 19 heavy (non-hydrogen) atoms. The topological polar surface area (TPSA) is 51.6 Å². The van der Waals surface area contributed by atoms with Crippen LogP contribution in [0.25, 0.3) is 0 Å². The molecule has 2 atom stereocenters. The van der Waals surface area contributed by atoms with Gasteiger partial charge in [-0.2, -0.15) is 0 Å². The van der Waals surface area contributed by atoms with Gasteiger partial charge in [0.05, 0.1) is 25.0 Å². The third-order valence-electron chi connectivity index (χ3n) is 4.16. The van der Waals surface area contributed by atoms with Crippen molar-refractivity contribution in [1.29, 1.82) is 0 Å². The van der Waals surface area contributed by atoms with Crippen LogP contribution in [0.4, 0.5) is 0 Å². The molecule has 0 amide bonds. The van der Waals surface area contributed by atoms with Crippen molar-refractivity contribution in [2.75, 3.05) is 13.1 Å². The Labute approximate surface area is 115 Å². The van der Waals surface area contributed by atoms with Crippen LogP contribution in [0.2, 0.25) is 0 Å². The van der Waals surface area contributed by atoms with Crippen molar-refractivity contribution in [3.63, 3.8) is 0 Å². The molecule has 1 aromatic rings. The van der Waals surface area contributed by atoms with E-state index in [0.717, 1.165) is 31.7 Å². The number of rotatable bonds is 5. The minimum Gasteiger partial charge on any atom is -0.468 e. The summed E-state index contributed by atoms with van der Waals surface area (Å²) in [4.78, 5) is 2.45. The van der Waals surface area contributed by atoms with E-state index >= 15 is 0 Å². The Hall–Kier alpha value is -0.840. The first-order chi connectivity index (χ1) is 9.09. The molecule has 1 aliphatic heterocycles. The van der Waals surface area contributed by atoms with Crippen LogP contribution < -0.4 is 5.73 Å². The molecule has 0 radical (unpaired) electrons. The first kappa shape index (κ1) is 14.6. The molecule has 0 aliphatic carbocycles. The number of furan rings is 1. The van der Waals surface area contributed by atoms with Gasteiger partial charge in [-0.15, -0.1) is 0 Å². The van der Waals surface area contributed by atoms with E-state index in [-0.39, 0.29) is 17.7 Å². The predicted octanol–water partition coefficient (Wildman–Crippen LogP) is 2.39. The molecule has 1 aromatic heterocycles. The highest BCUT2D eigenvalue weighted by Crippen LogP contribution is 2.34. The van der Waals surface area contributed by atoms with Crippen molar-refractivity contribution in [3.05, 3.63) is 24.2 Å². The van der Waals surface area contributed by atoms with Gasteiger partial charge in [-0.25, -0.2) is 0 Å². The Kier molecular flexibility index (Phi) is 4.66. The Bertz CT molecular complexity index is 368. The molecule has 0 aromatic carbocycles. The molecule has 0 spiro atoms. The summed E-state index contributed by atoms with van der Waals surface area (Å²) in [6.45, 7) is 8.92. The summed E-state index contributed by atoms with van der Waals surface area (Å²) < 4.78 is 11.4. The molecule has 1 fully saturated rings. The lowest BCUT2D eigenvalue weighted by Gasteiger charge is -2.49. The Morgan fingerprint density at radius 1 is 1.37 bits per heavy atom. The summed E-state index contributed by atoms with van der Waals surface area (Å²) in [6, 6.07) is 3.96. The largest absolute Gasteiger partial charge is 0.468 e. The van der Waals surface area contributed by atoms with E-state index < -0.39 is 0 Å². The van der Waals surface area contributed by atoms with Gasteiger partial charge in [-0.05, 0) is 45.4 Å². The van der Waals surface area contributed by atoms with Gasteiger partial charge < -0.3 is 14.9 Å². The monoisotopic (exact) mass is 266 g/mol. The maximum Gasteiger partial charge on any atom is 0.117 e. The average Bonchev–Trinajstić information content (AvgIpc) is 2.87. The Balaban J connectivity index is 2.16. The zero-order chi connectivity index (χ0) is 13.9. The van der Waals surface area contributed by atoms with Crippen molar-refractivity contribution >= 4 is 0 Å². The highest BCUT2D eigenvalue weighted by atomic mass is 16.5. The van der Waals surface area contributed by atoms with Gasteiger partial charge in [0.2, 0.25) is 0 Å². The van der Waals surface area contributed by atoms with E-state index in [2.05, 4.69) is 25.7 Å². The van der Waals surface area contributed by atoms with Crippen LogP contribution in [0, 0.1) is 0 Å². The predicted molar refractivity (Wildman–Crippen MR) is 75.8 cm³/mol. The second-order valence-electron chi connectivity index (χ2n) is 5.69. The average molecular weight is 266 g/mol. The first-order valence-electron chi connectivity index (χ1n) is 7.22. The minimum atomic E-state index is 0.0264. The SMILES string of the molecule is CCN(Cc1ccco1)C1(CN)CC(C)OC(C)C1. The molecule has 4 nitrogen and oxygen atoms in total. The quantitative estimate of drug-likeness (QED) is 0.889. The molecule has 1 aliphatic rings. The lowest BCUT2D eigenvalue weighted by molar-refractivity contribution is -0.105. The number of hydrogen-bond donors (Lipinski definition) is 1. The number of hydrogen-bond acceptors (Lipinski definition) is 4. The van der Waals surface area contributed by atoms with Crippen molar-refractivity contribution in [3.8, 4) is 0 Å². The van der Waals surface area contributed by atoms with Gasteiger partial charge in [0.15, 0.2) is 0 Å². The van der Waals surface area contributed by atoms with Crippen LogP contribution in [0.5, 0.6) is 0 Å². The van der Waals surface area contributed by atoms with Crippen molar-refractivity contribution in [2.24, 2.45) is 5.73 Å². The fraction of sp³-hybridized carbons (Fsp3) is 0.733. The van der Waals surface area contributed by atoms with E-state index in [0.29, 0.717) is 6.54 Å². The lowest BCUT2D eigenvalue weighted by Crippen LogP contribution is -2.59. The summed E-state index contributed by atoms with van der Waals surface area (Å²) in [5, 5.41) is 0. The van der Waals surface area contributed by atoms with Crippen LogP contribution in [0.15, 0.2) is 22.8 Å². The van der Waals surface area contributed by atoms with Gasteiger partial charge >= 0.3 is 0 Å². The summed E-state index contributed by atoms with van der Waals surface area (Å²) in [5.74, 6) is 1.00. The molecule has 2 unspecified atom stereocenters. The third-order valence-corrected chi connectivity index (χ3v) is 4.16. The lowest BCUT2D eigenvalue weighted by atomic mass is 9.82. The molecular weight excluding hydrogens is 240 g/mol. The molecule has 108 valence electrons. The Morgan fingerprint density at radius 3 is 2.53 bits per heavy atom. The molecule has 4 heteroatoms. The highest BCUT2D eigenvalue weighted by molar-refractivity contribution is 5.03. The smallest absolute Gasteiger partial charge is 0.117 e. The van der Waals surface area contributed by atoms with Crippen LogP contribution in [-0.4, -0.2) is 35.7 Å². The maximum atomic E-state index is 6.14. The van der Waals surface area contributed by atoms with Gasteiger partial charge in [-0.1, -0.05) is 6.92 Å². The molecule has 2 N–H and O–H groups in total. The molecule has 0 saturated carbocycles. The normalized spacial score (nSPS) is 31.8. The maximum absolute atomic E-state index is 6.14. The third kappa shape index (κ3) is 3.19. The molecule has 1 saturated heterocycles. The Morgan fingerprint density at radius 2 is 2.05 bits per heavy atom. The van der Waals surface area contributed by atoms with Crippen LogP contribution in [0.1, 0.15) is 39.4 Å². The number of nitrogens with zero attached hydrogens (tertiary/aromatic N) is 1. The van der Waals surface area contributed by atoms with Gasteiger partial charge in [0.1, 0.15) is 5.76 Å². The number of nitrogens with two attached hydrogens (primary N) is 1. The zero-order valence-corrected chi connectivity index (χ0v) is 12.3. The van der Waals surface area contributed by atoms with Crippen LogP contribution in [-0.2, 0) is 11.3 Å². The second kappa shape index (κ2) is 6.07. The fourth-order valence-corrected chi connectivity index (χ4v) is 3.41. The van der Waals surface area contributed by atoms with Gasteiger partial charge in [0, 0.05) is 12.1 Å². The minimum absolute atomic E-state index is 0.0264. The van der Waals surface area contributed by atoms with E-state index in [9.17, 15) is 0 Å². The van der Waals surface area contributed by atoms with Crippen LogP contribution in [0.3, 0.4) is 0 Å². The van der Waals surface area contributed by atoms with E-state index in [4.69, 9.17) is 14.9 Å². The van der Waals surface area contributed by atoms with Crippen molar-refractivity contribution in [1.82, 2.24) is 4.90 Å². The molecule has 2 heterocycles. The molecular formula is C15H26N2O2. The standard InChI is InChI=1S/C15H26N2O2/c1-4-17(10-14-6-5-7-18-14)15(11-16)8-12(2)19-13(3)9-15/h5-7,12-13H,4,8-11,16H2,1-3H3. The van der Waals surface area contributed by atoms with Crippen molar-refractivity contribution < 1.29 is 9.15 Å². The van der Waals surface area contributed by atoms with E-state index in [1.165, 1.54) is 0 Å². The van der Waals surface area contributed by atoms with E-state index in [1.807, 2.05) is 12.1 Å².